The highest BCUT2D eigenvalue weighted by molar-refractivity contribution is 7.99. The zero-order chi connectivity index (χ0) is 20.5. The molecule has 2 aromatic rings. The molecule has 2 amide bonds. The van der Waals surface area contributed by atoms with Gasteiger partial charge in [-0.2, -0.15) is 0 Å². The van der Waals surface area contributed by atoms with Crippen LogP contribution in [0, 0.1) is 11.7 Å². The second-order valence-corrected chi connectivity index (χ2v) is 7.57. The van der Waals surface area contributed by atoms with Gasteiger partial charge in [0, 0.05) is 6.54 Å². The summed E-state index contributed by atoms with van der Waals surface area (Å²) in [6.07, 6.45) is 2.35. The monoisotopic (exact) mass is 408 g/mol. The van der Waals surface area contributed by atoms with E-state index in [0.717, 1.165) is 18.2 Å². The maximum atomic E-state index is 13.6. The number of nitrogens with zero attached hydrogens (tertiary/aromatic N) is 2. The van der Waals surface area contributed by atoms with Crippen molar-refractivity contribution in [2.24, 2.45) is 5.92 Å². The number of thioether (sulfide) groups is 1. The lowest BCUT2D eigenvalue weighted by molar-refractivity contribution is -0.121. The Balaban J connectivity index is 1.94. The Bertz CT molecular complexity index is 810. The number of carbonyl (C=O) groups excluding carboxylic acids is 2. The number of rotatable bonds is 10. The molecule has 28 heavy (non-hydrogen) atoms. The molecular formula is C19H25FN4O3S. The smallest absolute Gasteiger partial charge is 0.240 e. The van der Waals surface area contributed by atoms with Gasteiger partial charge >= 0.3 is 0 Å². The van der Waals surface area contributed by atoms with Crippen LogP contribution in [0.3, 0.4) is 0 Å². The fraction of sp³-hybridized carbons (Fsp3) is 0.421. The quantitative estimate of drug-likeness (QED) is 0.525. The molecule has 2 rings (SSSR count). The molecule has 152 valence electrons. The summed E-state index contributed by atoms with van der Waals surface area (Å²) in [5.41, 5.74) is 0.591. The summed E-state index contributed by atoms with van der Waals surface area (Å²) < 4.78 is 15.2. The number of imidazole rings is 1. The van der Waals surface area contributed by atoms with Crippen molar-refractivity contribution in [1.29, 1.82) is 0 Å². The molecule has 0 saturated carbocycles. The molecule has 0 saturated heterocycles. The standard InChI is InChI=1S/C19H25FN4O3S/c1-13(2)7-8-21-17(26)10-24-14(11-25)9-22-19(24)28-12-18(27)23-16-6-4-3-5-15(16)20/h3-6,9,13,25H,7-8,10-12H2,1-2H3,(H,21,26)(H,23,27). The van der Waals surface area contributed by atoms with Crippen molar-refractivity contribution in [2.45, 2.75) is 38.6 Å². The molecule has 1 aromatic carbocycles. The van der Waals surface area contributed by atoms with Crippen molar-refractivity contribution in [2.75, 3.05) is 17.6 Å². The number of anilines is 1. The van der Waals surface area contributed by atoms with Crippen molar-refractivity contribution in [3.8, 4) is 0 Å². The second-order valence-electron chi connectivity index (χ2n) is 6.63. The third-order valence-electron chi connectivity index (χ3n) is 3.89. The number of hydrogen-bond donors (Lipinski definition) is 3. The minimum atomic E-state index is -0.511. The first-order valence-electron chi connectivity index (χ1n) is 8.99. The number of aliphatic hydroxyl groups excluding tert-OH is 1. The molecule has 0 spiro atoms. The molecule has 0 unspecified atom stereocenters. The predicted molar refractivity (Wildman–Crippen MR) is 106 cm³/mol. The number of amides is 2. The normalized spacial score (nSPS) is 10.9. The molecule has 1 heterocycles. The maximum absolute atomic E-state index is 13.6. The van der Waals surface area contributed by atoms with E-state index >= 15 is 0 Å². The highest BCUT2D eigenvalue weighted by atomic mass is 32.2. The van der Waals surface area contributed by atoms with Crippen LogP contribution < -0.4 is 10.6 Å². The van der Waals surface area contributed by atoms with Crippen LogP contribution in [0.5, 0.6) is 0 Å². The average Bonchev–Trinajstić information content (AvgIpc) is 3.03. The van der Waals surface area contributed by atoms with Crippen molar-refractivity contribution < 1.29 is 19.1 Å². The van der Waals surface area contributed by atoms with Gasteiger partial charge in [0.1, 0.15) is 12.4 Å². The van der Waals surface area contributed by atoms with Crippen molar-refractivity contribution >= 4 is 29.3 Å². The second kappa shape index (κ2) is 10.8. The fourth-order valence-corrected chi connectivity index (χ4v) is 3.18. The average molecular weight is 408 g/mol. The van der Waals surface area contributed by atoms with Gasteiger partial charge in [-0.05, 0) is 24.5 Å². The van der Waals surface area contributed by atoms with Gasteiger partial charge in [-0.3, -0.25) is 9.59 Å². The Morgan fingerprint density at radius 2 is 2.04 bits per heavy atom. The molecule has 0 radical (unpaired) electrons. The summed E-state index contributed by atoms with van der Waals surface area (Å²) in [4.78, 5) is 28.4. The summed E-state index contributed by atoms with van der Waals surface area (Å²) >= 11 is 1.11. The Morgan fingerprint density at radius 1 is 1.29 bits per heavy atom. The lowest BCUT2D eigenvalue weighted by atomic mass is 10.1. The first kappa shape index (κ1) is 21.9. The summed E-state index contributed by atoms with van der Waals surface area (Å²) in [7, 11) is 0. The first-order valence-corrected chi connectivity index (χ1v) is 9.98. The predicted octanol–water partition coefficient (Wildman–Crippen LogP) is 2.41. The third-order valence-corrected chi connectivity index (χ3v) is 4.88. The summed E-state index contributed by atoms with van der Waals surface area (Å²) in [6, 6.07) is 5.91. The van der Waals surface area contributed by atoms with Gasteiger partial charge in [-0.15, -0.1) is 0 Å². The van der Waals surface area contributed by atoms with E-state index in [-0.39, 0.29) is 30.5 Å². The van der Waals surface area contributed by atoms with Crippen LogP contribution in [0.15, 0.2) is 35.6 Å². The summed E-state index contributed by atoms with van der Waals surface area (Å²) in [6.45, 7) is 4.46. The van der Waals surface area contributed by atoms with Crippen LogP contribution in [0.2, 0.25) is 0 Å². The van der Waals surface area contributed by atoms with Crippen LogP contribution in [-0.2, 0) is 22.7 Å². The molecule has 0 fully saturated rings. The number of aromatic nitrogens is 2. The topological polar surface area (TPSA) is 96.2 Å². The largest absolute Gasteiger partial charge is 0.390 e. The van der Waals surface area contributed by atoms with Crippen LogP contribution in [-0.4, -0.2) is 38.8 Å². The van der Waals surface area contributed by atoms with E-state index in [1.807, 2.05) is 0 Å². The van der Waals surface area contributed by atoms with Gasteiger partial charge < -0.3 is 20.3 Å². The number of carbonyl (C=O) groups is 2. The van der Waals surface area contributed by atoms with Gasteiger partial charge in [-0.25, -0.2) is 9.37 Å². The lowest BCUT2D eigenvalue weighted by Gasteiger charge is -2.12. The molecule has 0 aliphatic carbocycles. The van der Waals surface area contributed by atoms with Crippen LogP contribution >= 0.6 is 11.8 Å². The molecular weight excluding hydrogens is 383 g/mol. The number of aliphatic hydroxyl groups is 1. The number of nitrogens with one attached hydrogen (secondary N) is 2. The SMILES string of the molecule is CC(C)CCNC(=O)Cn1c(CO)cnc1SCC(=O)Nc1ccccc1F. The van der Waals surface area contributed by atoms with Gasteiger partial charge in [-0.1, -0.05) is 37.7 Å². The third kappa shape index (κ3) is 6.65. The Hall–Kier alpha value is -2.39. The fourth-order valence-electron chi connectivity index (χ4n) is 2.38. The van der Waals surface area contributed by atoms with E-state index in [4.69, 9.17) is 0 Å². The van der Waals surface area contributed by atoms with E-state index in [9.17, 15) is 19.1 Å². The Morgan fingerprint density at radius 3 is 2.71 bits per heavy atom. The van der Waals surface area contributed by atoms with E-state index in [1.54, 1.807) is 16.7 Å². The van der Waals surface area contributed by atoms with Gasteiger partial charge in [0.05, 0.1) is 29.9 Å². The highest BCUT2D eigenvalue weighted by Gasteiger charge is 2.15. The number of benzene rings is 1. The van der Waals surface area contributed by atoms with E-state index in [0.29, 0.717) is 23.3 Å². The van der Waals surface area contributed by atoms with E-state index in [2.05, 4.69) is 29.5 Å². The van der Waals surface area contributed by atoms with Crippen LogP contribution in [0.4, 0.5) is 10.1 Å². The summed E-state index contributed by atoms with van der Waals surface area (Å²) in [5, 5.41) is 15.2. The molecule has 1 aromatic heterocycles. The molecule has 7 nitrogen and oxygen atoms in total. The molecule has 0 aliphatic rings. The Kier molecular flexibility index (Phi) is 8.46. The molecule has 3 N–H and O–H groups in total. The zero-order valence-electron chi connectivity index (χ0n) is 15.9. The number of halogens is 1. The molecule has 0 aliphatic heterocycles. The zero-order valence-corrected chi connectivity index (χ0v) is 16.8. The lowest BCUT2D eigenvalue weighted by Crippen LogP contribution is -2.30. The van der Waals surface area contributed by atoms with Gasteiger partial charge in [0.15, 0.2) is 5.16 Å². The minimum absolute atomic E-state index is 0.00521. The van der Waals surface area contributed by atoms with Crippen molar-refractivity contribution in [3.05, 3.63) is 42.0 Å². The van der Waals surface area contributed by atoms with E-state index < -0.39 is 11.7 Å². The highest BCUT2D eigenvalue weighted by Crippen LogP contribution is 2.20. The molecule has 0 bridgehead atoms. The van der Waals surface area contributed by atoms with Gasteiger partial charge in [0.25, 0.3) is 0 Å². The number of hydrogen-bond acceptors (Lipinski definition) is 5. The summed E-state index contributed by atoms with van der Waals surface area (Å²) in [5.74, 6) is -0.614. The number of para-hydroxylation sites is 1. The molecule has 9 heteroatoms. The minimum Gasteiger partial charge on any atom is -0.390 e. The molecule has 0 atom stereocenters. The van der Waals surface area contributed by atoms with Crippen LogP contribution in [0.25, 0.3) is 0 Å². The van der Waals surface area contributed by atoms with Crippen molar-refractivity contribution in [1.82, 2.24) is 14.9 Å². The Labute approximate surface area is 167 Å². The van der Waals surface area contributed by atoms with Gasteiger partial charge in [0.2, 0.25) is 11.8 Å². The van der Waals surface area contributed by atoms with Crippen LogP contribution in [0.1, 0.15) is 26.0 Å². The van der Waals surface area contributed by atoms with Crippen molar-refractivity contribution in [3.63, 3.8) is 0 Å². The first-order chi connectivity index (χ1) is 13.4. The van der Waals surface area contributed by atoms with E-state index in [1.165, 1.54) is 18.3 Å². The maximum Gasteiger partial charge on any atom is 0.240 e.